The van der Waals surface area contributed by atoms with Gasteiger partial charge in [0.25, 0.3) is 0 Å². The highest BCUT2D eigenvalue weighted by Crippen LogP contribution is 2.30. The Morgan fingerprint density at radius 3 is 2.65 bits per heavy atom. The van der Waals surface area contributed by atoms with Crippen molar-refractivity contribution in [2.75, 3.05) is 0 Å². The maximum absolute atomic E-state index is 9.73. The summed E-state index contributed by atoms with van der Waals surface area (Å²) in [4.78, 5) is 0. The molecule has 1 aliphatic rings. The van der Waals surface area contributed by atoms with Crippen molar-refractivity contribution >= 4 is 28.3 Å². The molecule has 0 unspecified atom stereocenters. The predicted octanol–water partition coefficient (Wildman–Crippen LogP) is 4.00. The number of rotatable bonds is 3. The molecule has 1 aromatic carbocycles. The number of hydrogen-bond donors (Lipinski definition) is 2. The van der Waals surface area contributed by atoms with Crippen LogP contribution in [0.5, 0.6) is 5.75 Å². The SMILES string of the molecule is CC1(NCc2cc(Br)ccc2O)CCCC1.Cl. The molecule has 2 rings (SSSR count). The summed E-state index contributed by atoms with van der Waals surface area (Å²) in [5.41, 5.74) is 1.22. The van der Waals surface area contributed by atoms with Gasteiger partial charge in [0, 0.05) is 22.1 Å². The van der Waals surface area contributed by atoms with Crippen molar-refractivity contribution in [1.82, 2.24) is 5.32 Å². The maximum atomic E-state index is 9.73. The normalized spacial score (nSPS) is 17.8. The fourth-order valence-electron chi connectivity index (χ4n) is 2.34. The van der Waals surface area contributed by atoms with Crippen molar-refractivity contribution in [2.45, 2.75) is 44.7 Å². The topological polar surface area (TPSA) is 32.3 Å². The second kappa shape index (κ2) is 6.07. The minimum atomic E-state index is 0. The summed E-state index contributed by atoms with van der Waals surface area (Å²) in [7, 11) is 0. The predicted molar refractivity (Wildman–Crippen MR) is 76.8 cm³/mol. The van der Waals surface area contributed by atoms with Gasteiger partial charge >= 0.3 is 0 Å². The molecular weight excluding hydrogens is 302 g/mol. The fraction of sp³-hybridized carbons (Fsp3) is 0.538. The fourth-order valence-corrected chi connectivity index (χ4v) is 2.74. The van der Waals surface area contributed by atoms with Gasteiger partial charge in [0.2, 0.25) is 0 Å². The van der Waals surface area contributed by atoms with E-state index in [1.807, 2.05) is 12.1 Å². The van der Waals surface area contributed by atoms with Gasteiger partial charge in [0.05, 0.1) is 0 Å². The first kappa shape index (κ1) is 14.8. The summed E-state index contributed by atoms with van der Waals surface area (Å²) in [5, 5.41) is 13.3. The van der Waals surface area contributed by atoms with E-state index in [-0.39, 0.29) is 17.9 Å². The first-order valence-corrected chi connectivity index (χ1v) is 6.61. The van der Waals surface area contributed by atoms with Crippen LogP contribution < -0.4 is 5.32 Å². The molecule has 1 aromatic rings. The number of phenols is 1. The van der Waals surface area contributed by atoms with Crippen molar-refractivity contribution in [2.24, 2.45) is 0 Å². The van der Waals surface area contributed by atoms with Crippen LogP contribution in [0.2, 0.25) is 0 Å². The van der Waals surface area contributed by atoms with Crippen molar-refractivity contribution in [3.63, 3.8) is 0 Å². The van der Waals surface area contributed by atoms with E-state index in [4.69, 9.17) is 0 Å². The minimum absolute atomic E-state index is 0. The van der Waals surface area contributed by atoms with Gasteiger partial charge in [0.15, 0.2) is 0 Å². The molecule has 1 saturated carbocycles. The highest BCUT2D eigenvalue weighted by atomic mass is 79.9. The first-order valence-electron chi connectivity index (χ1n) is 5.81. The average Bonchev–Trinajstić information content (AvgIpc) is 2.67. The zero-order valence-electron chi connectivity index (χ0n) is 10.0. The van der Waals surface area contributed by atoms with Crippen molar-refractivity contribution in [3.8, 4) is 5.75 Å². The maximum Gasteiger partial charge on any atom is 0.120 e. The number of phenolic OH excluding ortho intramolecular Hbond substituents is 1. The Morgan fingerprint density at radius 1 is 1.35 bits per heavy atom. The van der Waals surface area contributed by atoms with E-state index in [0.29, 0.717) is 5.75 Å². The summed E-state index contributed by atoms with van der Waals surface area (Å²) in [6.45, 7) is 3.01. The molecule has 0 heterocycles. The molecule has 1 aliphatic carbocycles. The molecule has 0 amide bonds. The van der Waals surface area contributed by atoms with Gasteiger partial charge in [0.1, 0.15) is 5.75 Å². The molecule has 2 nitrogen and oxygen atoms in total. The average molecular weight is 321 g/mol. The standard InChI is InChI=1S/C13H18BrNO.ClH/c1-13(6-2-3-7-13)15-9-10-8-11(14)4-5-12(10)16;/h4-5,8,15-16H,2-3,6-7,9H2,1H3;1H. The van der Waals surface area contributed by atoms with Crippen LogP contribution in [0.4, 0.5) is 0 Å². The Bertz CT molecular complexity index is 378. The molecule has 0 aromatic heterocycles. The lowest BCUT2D eigenvalue weighted by atomic mass is 10.0. The number of aromatic hydroxyl groups is 1. The Balaban J connectivity index is 0.00000144. The number of nitrogens with one attached hydrogen (secondary N) is 1. The van der Waals surface area contributed by atoms with Crippen LogP contribution >= 0.6 is 28.3 Å². The van der Waals surface area contributed by atoms with E-state index < -0.39 is 0 Å². The van der Waals surface area contributed by atoms with Crippen molar-refractivity contribution in [3.05, 3.63) is 28.2 Å². The van der Waals surface area contributed by atoms with Gasteiger partial charge in [-0.3, -0.25) is 0 Å². The third kappa shape index (κ3) is 3.87. The van der Waals surface area contributed by atoms with E-state index in [2.05, 4.69) is 28.2 Å². The highest BCUT2D eigenvalue weighted by molar-refractivity contribution is 9.10. The molecule has 1 fully saturated rings. The van der Waals surface area contributed by atoms with Crippen molar-refractivity contribution in [1.29, 1.82) is 0 Å². The molecule has 0 saturated heterocycles. The third-order valence-electron chi connectivity index (χ3n) is 3.45. The summed E-state index contributed by atoms with van der Waals surface area (Å²) in [6, 6.07) is 5.56. The van der Waals surface area contributed by atoms with Gasteiger partial charge < -0.3 is 10.4 Å². The van der Waals surface area contributed by atoms with Gasteiger partial charge in [-0.2, -0.15) is 0 Å². The number of benzene rings is 1. The summed E-state index contributed by atoms with van der Waals surface area (Å²) in [5.74, 6) is 0.372. The van der Waals surface area contributed by atoms with E-state index in [1.54, 1.807) is 6.07 Å². The lowest BCUT2D eigenvalue weighted by molar-refractivity contribution is 0.358. The van der Waals surface area contributed by atoms with Gasteiger partial charge in [-0.15, -0.1) is 12.4 Å². The Labute approximate surface area is 117 Å². The van der Waals surface area contributed by atoms with E-state index in [0.717, 1.165) is 16.6 Å². The first-order chi connectivity index (χ1) is 7.59. The second-order valence-electron chi connectivity index (χ2n) is 4.89. The molecule has 0 aliphatic heterocycles. The van der Waals surface area contributed by atoms with E-state index in [1.165, 1.54) is 25.7 Å². The molecule has 96 valence electrons. The van der Waals surface area contributed by atoms with E-state index in [9.17, 15) is 5.11 Å². The molecule has 17 heavy (non-hydrogen) atoms. The summed E-state index contributed by atoms with van der Waals surface area (Å²) in [6.07, 6.45) is 5.10. The quantitative estimate of drug-likeness (QED) is 0.882. The lowest BCUT2D eigenvalue weighted by Crippen LogP contribution is -2.38. The Kier molecular flexibility index (Phi) is 5.29. The van der Waals surface area contributed by atoms with Gasteiger partial charge in [-0.1, -0.05) is 28.8 Å². The van der Waals surface area contributed by atoms with Crippen molar-refractivity contribution < 1.29 is 5.11 Å². The van der Waals surface area contributed by atoms with Crippen LogP contribution in [-0.4, -0.2) is 10.6 Å². The van der Waals surface area contributed by atoms with Crippen LogP contribution in [0.3, 0.4) is 0 Å². The minimum Gasteiger partial charge on any atom is -0.508 e. The lowest BCUT2D eigenvalue weighted by Gasteiger charge is -2.25. The van der Waals surface area contributed by atoms with Crippen LogP contribution in [0, 0.1) is 0 Å². The molecule has 0 radical (unpaired) electrons. The van der Waals surface area contributed by atoms with Crippen LogP contribution in [0.1, 0.15) is 38.2 Å². The molecule has 0 spiro atoms. The zero-order chi connectivity index (χ0) is 11.6. The second-order valence-corrected chi connectivity index (χ2v) is 5.81. The monoisotopic (exact) mass is 319 g/mol. The number of halogens is 2. The molecular formula is C13H19BrClNO. The Morgan fingerprint density at radius 2 is 2.00 bits per heavy atom. The molecule has 0 bridgehead atoms. The molecule has 2 N–H and O–H groups in total. The van der Waals surface area contributed by atoms with Crippen LogP contribution in [0.15, 0.2) is 22.7 Å². The summed E-state index contributed by atoms with van der Waals surface area (Å²) < 4.78 is 1.01. The van der Waals surface area contributed by atoms with Crippen LogP contribution in [-0.2, 0) is 6.54 Å². The summed E-state index contributed by atoms with van der Waals surface area (Å²) >= 11 is 3.42. The zero-order valence-corrected chi connectivity index (χ0v) is 12.4. The third-order valence-corrected chi connectivity index (χ3v) is 3.95. The smallest absolute Gasteiger partial charge is 0.120 e. The van der Waals surface area contributed by atoms with Crippen LogP contribution in [0.25, 0.3) is 0 Å². The largest absolute Gasteiger partial charge is 0.508 e. The highest BCUT2D eigenvalue weighted by Gasteiger charge is 2.27. The van der Waals surface area contributed by atoms with Gasteiger partial charge in [-0.25, -0.2) is 0 Å². The number of hydrogen-bond acceptors (Lipinski definition) is 2. The van der Waals surface area contributed by atoms with Gasteiger partial charge in [-0.05, 0) is 38.0 Å². The molecule has 0 atom stereocenters. The van der Waals surface area contributed by atoms with E-state index >= 15 is 0 Å². The Hall–Kier alpha value is -0.250. The molecule has 4 heteroatoms.